The van der Waals surface area contributed by atoms with Crippen LogP contribution in [-0.2, 0) is 35.6 Å². The third-order valence-corrected chi connectivity index (χ3v) is 5.90. The summed E-state index contributed by atoms with van der Waals surface area (Å²) in [5.74, 6) is -0.806. The molecule has 0 spiro atoms. The van der Waals surface area contributed by atoms with Crippen molar-refractivity contribution in [1.29, 1.82) is 0 Å². The van der Waals surface area contributed by atoms with E-state index in [2.05, 4.69) is 45.0 Å². The molecule has 0 saturated heterocycles. The van der Waals surface area contributed by atoms with Gasteiger partial charge in [0.2, 0.25) is 0 Å². The molecule has 7 nitrogen and oxygen atoms in total. The fourth-order valence-corrected chi connectivity index (χ4v) is 4.31. The molecule has 0 radical (unpaired) electrons. The maximum atomic E-state index is 11.2. The van der Waals surface area contributed by atoms with E-state index in [1.54, 1.807) is 18.6 Å². The lowest BCUT2D eigenvalue weighted by molar-refractivity contribution is -0.137. The van der Waals surface area contributed by atoms with Crippen molar-refractivity contribution >= 4 is 27.4 Å². The van der Waals surface area contributed by atoms with Gasteiger partial charge in [0.15, 0.2) is 0 Å². The maximum absolute atomic E-state index is 11.2. The van der Waals surface area contributed by atoms with Crippen molar-refractivity contribution in [2.24, 2.45) is 0 Å². The van der Waals surface area contributed by atoms with Gasteiger partial charge in [-0.1, -0.05) is 13.0 Å². The molecule has 1 N–H and O–H groups in total. The summed E-state index contributed by atoms with van der Waals surface area (Å²) >= 11 is 3.53. The van der Waals surface area contributed by atoms with Crippen LogP contribution in [0, 0.1) is 0 Å². The largest absolute Gasteiger partial charge is 0.481 e. The van der Waals surface area contributed by atoms with Crippen LogP contribution in [-0.4, -0.2) is 30.7 Å². The lowest BCUT2D eigenvalue weighted by Crippen LogP contribution is -2.11. The minimum absolute atomic E-state index is 0.0958. The summed E-state index contributed by atoms with van der Waals surface area (Å²) in [6.07, 6.45) is 9.12. The number of pyridine rings is 2. The predicted molar refractivity (Wildman–Crippen MR) is 129 cm³/mol. The van der Waals surface area contributed by atoms with Gasteiger partial charge in [0.05, 0.1) is 24.4 Å². The molecule has 4 aromatic rings. The van der Waals surface area contributed by atoms with E-state index in [4.69, 9.17) is 9.84 Å². The molecule has 8 heteroatoms. The Bertz CT molecular complexity index is 1260. The highest BCUT2D eigenvalue weighted by Crippen LogP contribution is 2.34. The summed E-state index contributed by atoms with van der Waals surface area (Å²) in [6, 6.07) is 10.0. The summed E-state index contributed by atoms with van der Waals surface area (Å²) < 4.78 is 8.88. The van der Waals surface area contributed by atoms with Gasteiger partial charge in [0, 0.05) is 52.5 Å². The zero-order chi connectivity index (χ0) is 23.2. The van der Waals surface area contributed by atoms with Crippen molar-refractivity contribution in [2.45, 2.75) is 45.8 Å². The molecule has 0 fully saturated rings. The van der Waals surface area contributed by atoms with Crippen LogP contribution < -0.4 is 0 Å². The van der Waals surface area contributed by atoms with Gasteiger partial charge >= 0.3 is 5.97 Å². The number of aliphatic carboxylic acids is 1. The van der Waals surface area contributed by atoms with Gasteiger partial charge in [0.25, 0.3) is 0 Å². The quantitative estimate of drug-likeness (QED) is 0.315. The fourth-order valence-electron chi connectivity index (χ4n) is 3.95. The minimum atomic E-state index is -0.806. The SMILES string of the molecule is CCc1ccc2c(-c3cncc(Br)c3)c(CCCC(=O)O)c(COCc3cccnc3)nn12. The summed E-state index contributed by atoms with van der Waals surface area (Å²) in [5, 5.41) is 14.1. The highest BCUT2D eigenvalue weighted by molar-refractivity contribution is 9.10. The number of aryl methyl sites for hydroxylation is 1. The lowest BCUT2D eigenvalue weighted by Gasteiger charge is -2.17. The van der Waals surface area contributed by atoms with Gasteiger partial charge in [-0.05, 0) is 70.6 Å². The normalized spacial score (nSPS) is 11.2. The third kappa shape index (κ3) is 5.46. The Hall–Kier alpha value is -3.10. The van der Waals surface area contributed by atoms with Crippen LogP contribution >= 0.6 is 15.9 Å². The predicted octanol–water partition coefficient (Wildman–Crippen LogP) is 5.24. The van der Waals surface area contributed by atoms with Crippen molar-refractivity contribution in [3.8, 4) is 11.1 Å². The number of halogens is 1. The van der Waals surface area contributed by atoms with Crippen LogP contribution in [0.15, 0.2) is 59.6 Å². The van der Waals surface area contributed by atoms with Gasteiger partial charge in [-0.25, -0.2) is 4.52 Å². The second-order valence-corrected chi connectivity index (χ2v) is 8.68. The monoisotopic (exact) mass is 508 g/mol. The number of rotatable bonds is 10. The molecule has 0 unspecified atom stereocenters. The summed E-state index contributed by atoms with van der Waals surface area (Å²) in [5.41, 5.74) is 6.83. The number of carbonyl (C=O) groups is 1. The van der Waals surface area contributed by atoms with E-state index in [-0.39, 0.29) is 6.42 Å². The summed E-state index contributed by atoms with van der Waals surface area (Å²) in [6.45, 7) is 2.83. The molecule has 4 heterocycles. The van der Waals surface area contributed by atoms with E-state index in [1.165, 1.54) is 0 Å². The topological polar surface area (TPSA) is 89.6 Å². The van der Waals surface area contributed by atoms with Crippen LogP contribution in [0.3, 0.4) is 0 Å². The van der Waals surface area contributed by atoms with Crippen molar-refractivity contribution in [1.82, 2.24) is 19.6 Å². The highest BCUT2D eigenvalue weighted by Gasteiger charge is 2.19. The van der Waals surface area contributed by atoms with Crippen LogP contribution in [0.2, 0.25) is 0 Å². The molecule has 0 saturated carbocycles. The highest BCUT2D eigenvalue weighted by atomic mass is 79.9. The third-order valence-electron chi connectivity index (χ3n) is 5.46. The van der Waals surface area contributed by atoms with E-state index < -0.39 is 5.97 Å². The molecule has 4 rings (SSSR count). The second-order valence-electron chi connectivity index (χ2n) is 7.77. The van der Waals surface area contributed by atoms with Crippen molar-refractivity contribution < 1.29 is 14.6 Å². The Morgan fingerprint density at radius 3 is 2.76 bits per heavy atom. The Morgan fingerprint density at radius 2 is 2.03 bits per heavy atom. The first-order valence-corrected chi connectivity index (χ1v) is 11.7. The smallest absolute Gasteiger partial charge is 0.303 e. The average Bonchev–Trinajstić information content (AvgIpc) is 3.22. The number of nitrogens with zero attached hydrogens (tertiary/aromatic N) is 4. The lowest BCUT2D eigenvalue weighted by atomic mass is 9.95. The molecule has 170 valence electrons. The van der Waals surface area contributed by atoms with Crippen LogP contribution in [0.25, 0.3) is 16.6 Å². The van der Waals surface area contributed by atoms with Gasteiger partial charge in [-0.2, -0.15) is 5.10 Å². The van der Waals surface area contributed by atoms with Crippen LogP contribution in [0.5, 0.6) is 0 Å². The Kier molecular flexibility index (Phi) is 7.47. The summed E-state index contributed by atoms with van der Waals surface area (Å²) in [7, 11) is 0. The average molecular weight is 509 g/mol. The molecule has 0 aliphatic heterocycles. The van der Waals surface area contributed by atoms with E-state index >= 15 is 0 Å². The van der Waals surface area contributed by atoms with Crippen molar-refractivity contribution in [3.63, 3.8) is 0 Å². The standard InChI is InChI=1S/C25H25BrN4O3/c1-2-20-8-9-23-25(18-11-19(26)14-28-13-18)21(6-3-7-24(31)32)22(29-30(20)23)16-33-15-17-5-4-10-27-12-17/h4-5,8-14H,2-3,6-7,15-16H2,1H3,(H,31,32). The Labute approximate surface area is 200 Å². The number of fused-ring (bicyclic) bond motifs is 1. The molecule has 0 atom stereocenters. The zero-order valence-electron chi connectivity index (χ0n) is 18.4. The maximum Gasteiger partial charge on any atom is 0.303 e. The number of aromatic nitrogens is 4. The molecule has 4 aromatic heterocycles. The first-order valence-electron chi connectivity index (χ1n) is 10.9. The van der Waals surface area contributed by atoms with Gasteiger partial charge < -0.3 is 9.84 Å². The van der Waals surface area contributed by atoms with E-state index in [0.717, 1.165) is 50.1 Å². The Morgan fingerprint density at radius 1 is 1.15 bits per heavy atom. The van der Waals surface area contributed by atoms with E-state index in [1.807, 2.05) is 28.9 Å². The van der Waals surface area contributed by atoms with Gasteiger partial charge in [0.1, 0.15) is 0 Å². The first kappa shape index (κ1) is 23.1. The molecule has 0 aliphatic rings. The fraction of sp³-hybridized carbons (Fsp3) is 0.280. The first-order chi connectivity index (χ1) is 16.1. The van der Waals surface area contributed by atoms with Gasteiger partial charge in [-0.15, -0.1) is 0 Å². The summed E-state index contributed by atoms with van der Waals surface area (Å²) in [4.78, 5) is 19.7. The molecule has 0 bridgehead atoms. The molecular formula is C25H25BrN4O3. The van der Waals surface area contributed by atoms with Crippen molar-refractivity contribution in [2.75, 3.05) is 0 Å². The zero-order valence-corrected chi connectivity index (χ0v) is 20.0. The second kappa shape index (κ2) is 10.7. The van der Waals surface area contributed by atoms with E-state index in [9.17, 15) is 9.90 Å². The molecule has 0 aliphatic carbocycles. The number of ether oxygens (including phenoxy) is 1. The number of hydrogen-bond donors (Lipinski definition) is 1. The molecule has 33 heavy (non-hydrogen) atoms. The number of hydrogen-bond acceptors (Lipinski definition) is 5. The molecular weight excluding hydrogens is 484 g/mol. The molecule has 0 amide bonds. The minimum Gasteiger partial charge on any atom is -0.481 e. The Balaban J connectivity index is 1.79. The number of carboxylic acid groups (broad SMARTS) is 1. The van der Waals surface area contributed by atoms with E-state index in [0.29, 0.717) is 26.1 Å². The van der Waals surface area contributed by atoms with Crippen molar-refractivity contribution in [3.05, 3.63) is 82.1 Å². The molecule has 0 aromatic carbocycles. The number of carboxylic acids is 1. The van der Waals surface area contributed by atoms with Crippen LogP contribution in [0.1, 0.15) is 42.3 Å². The van der Waals surface area contributed by atoms with Crippen LogP contribution in [0.4, 0.5) is 0 Å². The van der Waals surface area contributed by atoms with Gasteiger partial charge in [-0.3, -0.25) is 14.8 Å².